The largest absolute Gasteiger partial charge is 0.480 e. The standard InChI is InChI=1S/C13H14FNO3/c14-10-4-2-1-3-9(10)7-11(13(17)18)15-12(16)8-5-6-8/h1-4,8,11H,5-7H2,(H,15,16)(H,17,18)/t11-/m0/s1. The fraction of sp³-hybridized carbons (Fsp3) is 0.385. The van der Waals surface area contributed by atoms with E-state index < -0.39 is 17.8 Å². The monoisotopic (exact) mass is 251 g/mol. The Morgan fingerprint density at radius 1 is 1.39 bits per heavy atom. The van der Waals surface area contributed by atoms with E-state index in [-0.39, 0.29) is 18.2 Å². The van der Waals surface area contributed by atoms with E-state index in [0.717, 1.165) is 12.8 Å². The third-order valence-electron chi connectivity index (χ3n) is 2.94. The van der Waals surface area contributed by atoms with Gasteiger partial charge in [-0.25, -0.2) is 9.18 Å². The van der Waals surface area contributed by atoms with Crippen molar-refractivity contribution in [2.75, 3.05) is 0 Å². The first-order chi connectivity index (χ1) is 8.58. The molecule has 5 heteroatoms. The van der Waals surface area contributed by atoms with Gasteiger partial charge in [-0.05, 0) is 24.5 Å². The van der Waals surface area contributed by atoms with Crippen LogP contribution < -0.4 is 5.32 Å². The number of carbonyl (C=O) groups excluding carboxylic acids is 1. The summed E-state index contributed by atoms with van der Waals surface area (Å²) in [5, 5.41) is 11.5. The lowest BCUT2D eigenvalue weighted by Gasteiger charge is -2.14. The van der Waals surface area contributed by atoms with Crippen LogP contribution in [-0.4, -0.2) is 23.0 Å². The molecule has 0 unspecified atom stereocenters. The molecule has 18 heavy (non-hydrogen) atoms. The first kappa shape index (κ1) is 12.5. The molecule has 1 saturated carbocycles. The average Bonchev–Trinajstić information content (AvgIpc) is 3.14. The van der Waals surface area contributed by atoms with Crippen molar-refractivity contribution in [2.45, 2.75) is 25.3 Å². The van der Waals surface area contributed by atoms with Gasteiger partial charge >= 0.3 is 5.97 Å². The van der Waals surface area contributed by atoms with Crippen LogP contribution in [0.25, 0.3) is 0 Å². The Labute approximate surface area is 104 Å². The molecule has 0 radical (unpaired) electrons. The van der Waals surface area contributed by atoms with E-state index in [2.05, 4.69) is 5.32 Å². The summed E-state index contributed by atoms with van der Waals surface area (Å²) in [7, 11) is 0. The van der Waals surface area contributed by atoms with Gasteiger partial charge in [-0.15, -0.1) is 0 Å². The highest BCUT2D eigenvalue weighted by molar-refractivity contribution is 5.86. The molecule has 1 fully saturated rings. The second-order valence-corrected chi connectivity index (χ2v) is 4.47. The Kier molecular flexibility index (Phi) is 3.60. The maximum absolute atomic E-state index is 13.4. The highest BCUT2D eigenvalue weighted by Gasteiger charge is 2.32. The molecule has 1 aliphatic carbocycles. The van der Waals surface area contributed by atoms with Gasteiger partial charge < -0.3 is 10.4 Å². The van der Waals surface area contributed by atoms with Gasteiger partial charge in [0.15, 0.2) is 0 Å². The third kappa shape index (κ3) is 3.06. The van der Waals surface area contributed by atoms with Crippen molar-refractivity contribution >= 4 is 11.9 Å². The second kappa shape index (κ2) is 5.16. The number of halogens is 1. The van der Waals surface area contributed by atoms with Gasteiger partial charge in [0.2, 0.25) is 5.91 Å². The first-order valence-corrected chi connectivity index (χ1v) is 5.84. The molecule has 2 rings (SSSR count). The number of rotatable bonds is 5. The summed E-state index contributed by atoms with van der Waals surface area (Å²) in [6.45, 7) is 0. The van der Waals surface area contributed by atoms with E-state index in [1.54, 1.807) is 6.07 Å². The Bertz CT molecular complexity index is 471. The fourth-order valence-corrected chi connectivity index (χ4v) is 1.72. The Morgan fingerprint density at radius 3 is 2.61 bits per heavy atom. The topological polar surface area (TPSA) is 66.4 Å². The molecule has 1 aliphatic rings. The number of carboxylic acids is 1. The lowest BCUT2D eigenvalue weighted by Crippen LogP contribution is -2.43. The first-order valence-electron chi connectivity index (χ1n) is 5.84. The van der Waals surface area contributed by atoms with Crippen molar-refractivity contribution in [1.82, 2.24) is 5.32 Å². The molecule has 0 aromatic heterocycles. The molecule has 2 N–H and O–H groups in total. The fourth-order valence-electron chi connectivity index (χ4n) is 1.72. The lowest BCUT2D eigenvalue weighted by molar-refractivity contribution is -0.142. The number of amides is 1. The number of aliphatic carboxylic acids is 1. The molecule has 0 bridgehead atoms. The summed E-state index contributed by atoms with van der Waals surface area (Å²) in [6.07, 6.45) is 1.57. The quantitative estimate of drug-likeness (QED) is 0.830. The molecule has 1 atom stereocenters. The third-order valence-corrected chi connectivity index (χ3v) is 2.94. The summed E-state index contributed by atoms with van der Waals surface area (Å²) in [5.74, 6) is -1.91. The van der Waals surface area contributed by atoms with Crippen molar-refractivity contribution in [3.8, 4) is 0 Å². The molecule has 0 aliphatic heterocycles. The van der Waals surface area contributed by atoms with Gasteiger partial charge in [0.1, 0.15) is 11.9 Å². The van der Waals surface area contributed by atoms with Crippen molar-refractivity contribution < 1.29 is 19.1 Å². The smallest absolute Gasteiger partial charge is 0.326 e. The molecule has 0 spiro atoms. The summed E-state index contributed by atoms with van der Waals surface area (Å²) >= 11 is 0. The van der Waals surface area contributed by atoms with Gasteiger partial charge in [0, 0.05) is 12.3 Å². The zero-order valence-electron chi connectivity index (χ0n) is 9.73. The SMILES string of the molecule is O=C(N[C@@H](Cc1ccccc1F)C(=O)O)C1CC1. The normalized spacial score (nSPS) is 16.1. The van der Waals surface area contributed by atoms with E-state index >= 15 is 0 Å². The number of hydrogen-bond acceptors (Lipinski definition) is 2. The van der Waals surface area contributed by atoms with Crippen LogP contribution in [-0.2, 0) is 16.0 Å². The highest BCUT2D eigenvalue weighted by Crippen LogP contribution is 2.29. The number of carboxylic acid groups (broad SMARTS) is 1. The van der Waals surface area contributed by atoms with Gasteiger partial charge in [-0.1, -0.05) is 18.2 Å². The molecular formula is C13H14FNO3. The number of benzene rings is 1. The number of hydrogen-bond donors (Lipinski definition) is 2. The van der Waals surface area contributed by atoms with Crippen LogP contribution >= 0.6 is 0 Å². The predicted octanol–water partition coefficient (Wildman–Crippen LogP) is 1.35. The second-order valence-electron chi connectivity index (χ2n) is 4.47. The molecule has 0 saturated heterocycles. The summed E-state index contributed by atoms with van der Waals surface area (Å²) < 4.78 is 13.4. The summed E-state index contributed by atoms with van der Waals surface area (Å²) in [6, 6.07) is 4.90. The molecule has 1 aromatic carbocycles. The van der Waals surface area contributed by atoms with Crippen LogP contribution in [0.4, 0.5) is 4.39 Å². The maximum atomic E-state index is 13.4. The van der Waals surface area contributed by atoms with E-state index in [1.165, 1.54) is 18.2 Å². The highest BCUT2D eigenvalue weighted by atomic mass is 19.1. The number of nitrogens with one attached hydrogen (secondary N) is 1. The molecular weight excluding hydrogens is 237 g/mol. The van der Waals surface area contributed by atoms with E-state index in [9.17, 15) is 14.0 Å². The van der Waals surface area contributed by atoms with Crippen LogP contribution in [0.5, 0.6) is 0 Å². The van der Waals surface area contributed by atoms with E-state index in [0.29, 0.717) is 5.56 Å². The zero-order valence-corrected chi connectivity index (χ0v) is 9.73. The van der Waals surface area contributed by atoms with Crippen LogP contribution in [0.2, 0.25) is 0 Å². The summed E-state index contributed by atoms with van der Waals surface area (Å²) in [5.41, 5.74) is 0.293. The Hall–Kier alpha value is -1.91. The van der Waals surface area contributed by atoms with Crippen molar-refractivity contribution in [3.05, 3.63) is 35.6 Å². The van der Waals surface area contributed by atoms with Gasteiger partial charge in [0.25, 0.3) is 0 Å². The van der Waals surface area contributed by atoms with Gasteiger partial charge in [-0.3, -0.25) is 4.79 Å². The molecule has 96 valence electrons. The molecule has 1 aromatic rings. The number of carbonyl (C=O) groups is 2. The van der Waals surface area contributed by atoms with Crippen LogP contribution in [0.3, 0.4) is 0 Å². The lowest BCUT2D eigenvalue weighted by atomic mass is 10.1. The average molecular weight is 251 g/mol. The minimum absolute atomic E-state index is 0.0412. The predicted molar refractivity (Wildman–Crippen MR) is 62.4 cm³/mol. The maximum Gasteiger partial charge on any atom is 0.326 e. The van der Waals surface area contributed by atoms with Gasteiger partial charge in [0.05, 0.1) is 0 Å². The van der Waals surface area contributed by atoms with Crippen LogP contribution in [0, 0.1) is 11.7 Å². The van der Waals surface area contributed by atoms with Gasteiger partial charge in [-0.2, -0.15) is 0 Å². The van der Waals surface area contributed by atoms with Crippen molar-refractivity contribution in [3.63, 3.8) is 0 Å². The van der Waals surface area contributed by atoms with Crippen molar-refractivity contribution in [2.24, 2.45) is 5.92 Å². The Balaban J connectivity index is 2.04. The molecule has 0 heterocycles. The minimum Gasteiger partial charge on any atom is -0.480 e. The molecule has 1 amide bonds. The minimum atomic E-state index is -1.15. The summed E-state index contributed by atoms with van der Waals surface area (Å²) in [4.78, 5) is 22.6. The van der Waals surface area contributed by atoms with Crippen LogP contribution in [0.15, 0.2) is 24.3 Å². The van der Waals surface area contributed by atoms with Crippen LogP contribution in [0.1, 0.15) is 18.4 Å². The van der Waals surface area contributed by atoms with Crippen molar-refractivity contribution in [1.29, 1.82) is 0 Å². The van der Waals surface area contributed by atoms with E-state index in [1.807, 2.05) is 0 Å². The Morgan fingerprint density at radius 2 is 2.06 bits per heavy atom. The molecule has 4 nitrogen and oxygen atoms in total. The van der Waals surface area contributed by atoms with E-state index in [4.69, 9.17) is 5.11 Å². The zero-order chi connectivity index (χ0) is 13.1.